The lowest BCUT2D eigenvalue weighted by molar-refractivity contribution is -0.383. The predicted molar refractivity (Wildman–Crippen MR) is 347 cm³/mol. The fourth-order valence-electron chi connectivity index (χ4n) is 20.2. The number of hydrogen-bond donors (Lipinski definition) is 20. The summed E-state index contributed by atoms with van der Waals surface area (Å²) < 4.78 is 82.9. The van der Waals surface area contributed by atoms with Crippen molar-refractivity contribution in [2.45, 2.75) is 328 Å². The van der Waals surface area contributed by atoms with Gasteiger partial charge in [-0.15, -0.1) is 0 Å². The van der Waals surface area contributed by atoms with Crippen LogP contribution in [0.1, 0.15) is 120 Å². The number of ether oxygens (including phenoxy) is 14. The molecule has 105 heavy (non-hydrogen) atoms. The van der Waals surface area contributed by atoms with E-state index in [-0.39, 0.29) is 35.2 Å². The number of aliphatic hydroxyl groups excluding tert-OH is 20. The van der Waals surface area contributed by atoms with Crippen molar-refractivity contribution < 1.29 is 173 Å². The third kappa shape index (κ3) is 14.5. The quantitative estimate of drug-likeness (QED) is 0.0345. The third-order valence-electron chi connectivity index (χ3n) is 27.0. The molecule has 7 saturated heterocycles. The summed E-state index contributed by atoms with van der Waals surface area (Å²) in [5.41, 5.74) is -2.45. The number of rotatable bonds is 18. The molecule has 7 heterocycles. The first kappa shape index (κ1) is 82.4. The lowest BCUT2D eigenvalue weighted by Crippen LogP contribution is -2.67. The van der Waals surface area contributed by atoms with E-state index in [1.165, 1.54) is 13.8 Å². The summed E-state index contributed by atoms with van der Waals surface area (Å²) >= 11 is 0. The lowest BCUT2D eigenvalue weighted by Gasteiger charge is -2.71. The van der Waals surface area contributed by atoms with Crippen molar-refractivity contribution in [1.29, 1.82) is 0 Å². The molecule has 35 nitrogen and oxygen atoms in total. The van der Waals surface area contributed by atoms with Gasteiger partial charge >= 0.3 is 5.97 Å². The van der Waals surface area contributed by atoms with Gasteiger partial charge < -0.3 is 168 Å². The molecular formula is C70H114O35. The van der Waals surface area contributed by atoms with E-state index in [0.717, 1.165) is 5.57 Å². The van der Waals surface area contributed by atoms with Crippen LogP contribution in [0.3, 0.4) is 0 Å². The molecule has 0 aromatic heterocycles. The fraction of sp³-hybridized carbons (Fsp3) is 0.957. The van der Waals surface area contributed by atoms with E-state index in [1.807, 2.05) is 6.92 Å². The molecule has 12 aliphatic rings. The fourth-order valence-corrected chi connectivity index (χ4v) is 20.2. The van der Waals surface area contributed by atoms with Gasteiger partial charge in [-0.2, -0.15) is 0 Å². The van der Waals surface area contributed by atoms with Crippen molar-refractivity contribution in [2.75, 3.05) is 39.6 Å². The van der Waals surface area contributed by atoms with Crippen LogP contribution in [0.4, 0.5) is 0 Å². The van der Waals surface area contributed by atoms with Gasteiger partial charge in [0.2, 0.25) is 6.29 Å². The molecule has 604 valence electrons. The van der Waals surface area contributed by atoms with Gasteiger partial charge in [0, 0.05) is 5.41 Å². The Morgan fingerprint density at radius 3 is 1.69 bits per heavy atom. The molecule has 35 heteroatoms. The van der Waals surface area contributed by atoms with Crippen LogP contribution in [-0.2, 0) is 71.1 Å². The van der Waals surface area contributed by atoms with Crippen molar-refractivity contribution >= 4 is 5.97 Å². The minimum atomic E-state index is -1.94. The van der Waals surface area contributed by atoms with E-state index in [9.17, 15) is 102 Å². The smallest absolute Gasteiger partial charge is 0.315 e. The second kappa shape index (κ2) is 31.3. The SMILES string of the molecule is C[C@@H]1O[C@@H](O[C@H]2[C@H](O)[C@@H](O)[C@H](OC[C@H]3O[C@@H](OC(=O)[C@]45CCC(C)(C)C[C@H]4C4=CC[C@@H]6[C@@]7(C)CC[C@H](O[C@@H]8OC[C@H](O)[C@H](O)[C@H]8O[C@@H]8O[C@@H](C)[C@H](O)[C@@H](O[C@@H]9OC[C@@H](O[C@@H]%10O[C@H](CO)[C@@H](O)[C@H](O)[C@H]%10O)[C@@H](O)[C@H]9O)[C@H]8O)[C@@](C)(CO)[C@@H]7CC[C@@]6(C)[C@]4(C)CC5)[C@H](O)[C@@H](O)[C@@H]3O)O[C@@H]2CO)[C@H](O)[C@H](O)[C@H]1O. The zero-order chi connectivity index (χ0) is 76.4. The van der Waals surface area contributed by atoms with Crippen molar-refractivity contribution in [1.82, 2.24) is 0 Å². The van der Waals surface area contributed by atoms with Gasteiger partial charge in [-0.25, -0.2) is 0 Å². The molecule has 11 fully saturated rings. The Morgan fingerprint density at radius 2 is 1.02 bits per heavy atom. The monoisotopic (exact) mass is 1510 g/mol. The highest BCUT2D eigenvalue weighted by Crippen LogP contribution is 2.76. The van der Waals surface area contributed by atoms with Crippen LogP contribution in [0.5, 0.6) is 0 Å². The molecule has 0 unspecified atom stereocenters. The Hall–Kier alpha value is -2.11. The predicted octanol–water partition coefficient (Wildman–Crippen LogP) is -6.26. The molecule has 4 saturated carbocycles. The number of esters is 1. The molecule has 20 N–H and O–H groups in total. The molecule has 0 bridgehead atoms. The Bertz CT molecular complexity index is 2970. The molecule has 42 atom stereocenters. The van der Waals surface area contributed by atoms with Crippen LogP contribution in [0.15, 0.2) is 11.6 Å². The van der Waals surface area contributed by atoms with Gasteiger partial charge in [0.15, 0.2) is 37.7 Å². The van der Waals surface area contributed by atoms with E-state index in [4.69, 9.17) is 66.3 Å². The maximum absolute atomic E-state index is 15.4. The first-order valence-corrected chi connectivity index (χ1v) is 37.1. The highest BCUT2D eigenvalue weighted by atomic mass is 16.8. The third-order valence-corrected chi connectivity index (χ3v) is 27.0. The average Bonchev–Trinajstić information content (AvgIpc) is 0.674. The van der Waals surface area contributed by atoms with E-state index in [0.29, 0.717) is 64.2 Å². The maximum atomic E-state index is 15.4. The lowest BCUT2D eigenvalue weighted by atomic mass is 9.33. The summed E-state index contributed by atoms with van der Waals surface area (Å²) in [6.07, 6.45) is -47.7. The van der Waals surface area contributed by atoms with Gasteiger partial charge in [-0.3, -0.25) is 4.79 Å². The molecule has 0 aromatic carbocycles. The van der Waals surface area contributed by atoms with Gasteiger partial charge in [0.1, 0.15) is 146 Å². The first-order valence-electron chi connectivity index (χ1n) is 37.1. The highest BCUT2D eigenvalue weighted by Gasteiger charge is 2.71. The summed E-state index contributed by atoms with van der Waals surface area (Å²) in [6.45, 7) is 12.5. The standard InChI is InChI=1S/C70H114O35/c1-26-38(75)44(81)49(86)59(95-26)102-54-32(21-72)98-57(52(89)47(54)84)93-23-33-42(79)46(83)51(88)61(100-33)105-64(91)70-17-15-65(3,4)19-29(70)28-9-10-36-66(5)13-12-37(67(6,25-73)35(66)11-14-69(36,8)68(28,7)16-18-70)101-63-56(40(77)30(74)22-92-63)104-62-53(90)55(39(76)27(2)96-62)103-58-48(85)43(80)34(24-94-58)99-60-50(87)45(82)41(78)31(20-71)97-60/h9,26-27,29-63,71-90H,10-25H2,1-8H3/t26-,27-,29-,30-,31+,32+,33+,34+,35+,36+,37-,38-,39-,40-,41+,42+,43+,44+,45-,46-,47+,48+,49+,50+,51+,52+,53+,54+,55+,56+,57+,58-,59-,60-,61-,62-,63-,66-,67-,68+,69+,70-/m0/s1. The minimum Gasteiger partial charge on any atom is -0.432 e. The average molecular weight is 1520 g/mol. The van der Waals surface area contributed by atoms with E-state index < -0.39 is 270 Å². The van der Waals surface area contributed by atoms with Gasteiger partial charge in [-0.05, 0) is 117 Å². The number of allylic oxidation sites excluding steroid dienone is 2. The highest BCUT2D eigenvalue weighted by molar-refractivity contribution is 5.79. The Balaban J connectivity index is 0.704. The normalized spacial score (nSPS) is 55.2. The topological polar surface area (TPSA) is 551 Å². The van der Waals surface area contributed by atoms with Crippen LogP contribution in [-0.4, -0.2) is 357 Å². The maximum Gasteiger partial charge on any atom is 0.315 e. The van der Waals surface area contributed by atoms with Crippen molar-refractivity contribution in [3.63, 3.8) is 0 Å². The molecule has 0 aromatic rings. The van der Waals surface area contributed by atoms with Gasteiger partial charge in [0.25, 0.3) is 0 Å². The second-order valence-corrected chi connectivity index (χ2v) is 33.6. The summed E-state index contributed by atoms with van der Waals surface area (Å²) in [5, 5.41) is 219. The summed E-state index contributed by atoms with van der Waals surface area (Å²) in [7, 11) is 0. The summed E-state index contributed by atoms with van der Waals surface area (Å²) in [4.78, 5) is 15.4. The zero-order valence-electron chi connectivity index (χ0n) is 60.3. The molecule has 5 aliphatic carbocycles. The molecule has 12 rings (SSSR count). The van der Waals surface area contributed by atoms with E-state index in [2.05, 4.69) is 40.7 Å². The summed E-state index contributed by atoms with van der Waals surface area (Å²) in [6, 6.07) is 0. The van der Waals surface area contributed by atoms with Gasteiger partial charge in [-0.1, -0.05) is 53.2 Å². The molecule has 0 radical (unpaired) electrons. The number of aliphatic hydroxyl groups is 20. The largest absolute Gasteiger partial charge is 0.432 e. The zero-order valence-corrected chi connectivity index (χ0v) is 60.3. The Labute approximate surface area is 607 Å². The molecule has 0 spiro atoms. The van der Waals surface area contributed by atoms with Crippen LogP contribution in [0, 0.1) is 50.2 Å². The number of hydrogen-bond acceptors (Lipinski definition) is 35. The van der Waals surface area contributed by atoms with E-state index in [1.54, 1.807) is 0 Å². The van der Waals surface area contributed by atoms with Crippen LogP contribution in [0.25, 0.3) is 0 Å². The minimum absolute atomic E-state index is 0.0388. The molecule has 7 aliphatic heterocycles. The molecule has 0 amide bonds. The summed E-state index contributed by atoms with van der Waals surface area (Å²) in [5.74, 6) is -1.13. The second-order valence-electron chi connectivity index (χ2n) is 33.6. The van der Waals surface area contributed by atoms with Crippen molar-refractivity contribution in [2.24, 2.45) is 50.2 Å². The number of fused-ring (bicyclic) bond motifs is 7. The number of carbonyl (C=O) groups excluding carboxylic acids is 1. The first-order chi connectivity index (χ1) is 49.3. The van der Waals surface area contributed by atoms with Crippen molar-refractivity contribution in [3.05, 3.63) is 11.6 Å². The van der Waals surface area contributed by atoms with E-state index >= 15 is 4.79 Å². The molecular weight excluding hydrogens is 1400 g/mol. The number of carbonyl (C=O) groups is 1. The van der Waals surface area contributed by atoms with Crippen molar-refractivity contribution in [3.8, 4) is 0 Å². The van der Waals surface area contributed by atoms with Gasteiger partial charge in [0.05, 0.1) is 63.4 Å². The van der Waals surface area contributed by atoms with Crippen LogP contribution in [0.2, 0.25) is 0 Å². The van der Waals surface area contributed by atoms with Crippen LogP contribution >= 0.6 is 0 Å². The van der Waals surface area contributed by atoms with Crippen LogP contribution < -0.4 is 0 Å². The Morgan fingerprint density at radius 1 is 0.467 bits per heavy atom. The Kier molecular flexibility index (Phi) is 24.6.